The highest BCUT2D eigenvalue weighted by Gasteiger charge is 2.42. The van der Waals surface area contributed by atoms with E-state index < -0.39 is 18.0 Å². The minimum Gasteiger partial charge on any atom is -0.495 e. The number of hydrogen-bond donors (Lipinski definition) is 3. The van der Waals surface area contributed by atoms with Gasteiger partial charge in [-0.25, -0.2) is 9.78 Å². The molecule has 3 fully saturated rings. The maximum Gasteiger partial charge on any atom is 0.415 e. The van der Waals surface area contributed by atoms with Crippen LogP contribution < -0.4 is 35.2 Å². The van der Waals surface area contributed by atoms with Crippen LogP contribution in [0.2, 0.25) is 0 Å². The Balaban J connectivity index is 0.781. The maximum atomic E-state index is 13.7. The van der Waals surface area contributed by atoms with Crippen molar-refractivity contribution in [3.63, 3.8) is 0 Å². The van der Waals surface area contributed by atoms with Crippen molar-refractivity contribution in [2.24, 2.45) is 0 Å². The van der Waals surface area contributed by atoms with Crippen molar-refractivity contribution in [2.75, 3.05) is 49.0 Å². The number of para-hydroxylation sites is 1. The summed E-state index contributed by atoms with van der Waals surface area (Å²) in [4.78, 5) is 94.8. The number of nitrogens with one attached hydrogen (secondary N) is 3. The van der Waals surface area contributed by atoms with Gasteiger partial charge in [0.05, 0.1) is 32.2 Å². The second-order valence-corrected chi connectivity index (χ2v) is 18.9. The van der Waals surface area contributed by atoms with Gasteiger partial charge in [0.15, 0.2) is 5.82 Å². The number of piperidine rings is 1. The van der Waals surface area contributed by atoms with E-state index in [0.29, 0.717) is 90.6 Å². The summed E-state index contributed by atoms with van der Waals surface area (Å²) in [5.41, 5.74) is 3.66. The molecule has 2 atom stereocenters. The lowest BCUT2D eigenvalue weighted by Gasteiger charge is -2.43. The zero-order valence-electron chi connectivity index (χ0n) is 41.0. The first kappa shape index (κ1) is 49.5. The predicted molar refractivity (Wildman–Crippen MR) is 268 cm³/mol. The first-order chi connectivity index (χ1) is 35.0. The molecule has 1 aromatic heterocycles. The fourth-order valence-corrected chi connectivity index (χ4v) is 10.6. The van der Waals surface area contributed by atoms with Crippen molar-refractivity contribution in [3.05, 3.63) is 95.2 Å². The molecule has 1 unspecified atom stereocenters. The van der Waals surface area contributed by atoms with Gasteiger partial charge in [-0.2, -0.15) is 4.98 Å². The summed E-state index contributed by atoms with van der Waals surface area (Å²) in [5, 5.41) is 8.82. The minimum atomic E-state index is -0.702. The number of aromatic nitrogens is 2. The molecule has 2 saturated carbocycles. The van der Waals surface area contributed by atoms with Gasteiger partial charge in [-0.3, -0.25) is 29.3 Å². The van der Waals surface area contributed by atoms with Crippen molar-refractivity contribution in [3.8, 4) is 23.3 Å². The number of nitrogens with zero attached hydrogens (tertiary/aromatic N) is 6. The molecule has 72 heavy (non-hydrogen) atoms. The predicted octanol–water partition coefficient (Wildman–Crippen LogP) is 6.49. The number of methoxy groups -OCH3 is 1. The van der Waals surface area contributed by atoms with Crippen LogP contribution in [-0.2, 0) is 25.7 Å². The Morgan fingerprint density at radius 2 is 1.72 bits per heavy atom. The van der Waals surface area contributed by atoms with Gasteiger partial charge < -0.3 is 44.4 Å². The van der Waals surface area contributed by atoms with Crippen molar-refractivity contribution in [2.45, 2.75) is 121 Å². The van der Waals surface area contributed by atoms with Gasteiger partial charge in [0.1, 0.15) is 29.3 Å². The van der Waals surface area contributed by atoms with E-state index >= 15 is 0 Å². The van der Waals surface area contributed by atoms with E-state index in [4.69, 9.17) is 19.2 Å². The third-order valence-corrected chi connectivity index (χ3v) is 14.4. The number of rotatable bonds is 15. The Hall–Kier alpha value is -7.52. The molecule has 18 heteroatoms. The van der Waals surface area contributed by atoms with E-state index in [9.17, 15) is 28.8 Å². The minimum absolute atomic E-state index is 0.0483. The summed E-state index contributed by atoms with van der Waals surface area (Å²) < 4.78 is 17.5. The number of fused-ring (bicyclic) bond motifs is 2. The van der Waals surface area contributed by atoms with E-state index in [1.54, 1.807) is 84.8 Å². The molecule has 1 saturated heterocycles. The monoisotopic (exact) mass is 979 g/mol. The Morgan fingerprint density at radius 1 is 0.931 bits per heavy atom. The molecule has 5 aliphatic rings. The highest BCUT2D eigenvalue weighted by molar-refractivity contribution is 6.06. The van der Waals surface area contributed by atoms with Crippen LogP contribution in [0.5, 0.6) is 11.5 Å². The number of ether oxygens (including phenoxy) is 3. The summed E-state index contributed by atoms with van der Waals surface area (Å²) in [7, 11) is 3.32. The molecular weight excluding hydrogens is 919 g/mol. The van der Waals surface area contributed by atoms with Crippen LogP contribution in [-0.4, -0.2) is 120 Å². The Kier molecular flexibility index (Phi) is 15.3. The highest BCUT2D eigenvalue weighted by atomic mass is 16.6. The smallest absolute Gasteiger partial charge is 0.415 e. The van der Waals surface area contributed by atoms with E-state index in [-0.39, 0.29) is 80.3 Å². The number of carbonyl (C=O) groups is 6. The molecule has 3 aromatic carbocycles. The van der Waals surface area contributed by atoms with Crippen LogP contribution in [0.15, 0.2) is 72.9 Å². The maximum absolute atomic E-state index is 13.7. The number of anilines is 4. The molecule has 6 amide bonds. The van der Waals surface area contributed by atoms with Gasteiger partial charge in [0, 0.05) is 67.8 Å². The molecule has 3 aliphatic heterocycles. The van der Waals surface area contributed by atoms with Crippen LogP contribution in [0.3, 0.4) is 0 Å². The second-order valence-electron chi connectivity index (χ2n) is 18.9. The quantitative estimate of drug-likeness (QED) is 0.0663. The zero-order chi connectivity index (χ0) is 50.3. The van der Waals surface area contributed by atoms with Gasteiger partial charge in [-0.15, -0.1) is 0 Å². The number of imide groups is 1. The molecule has 3 N–H and O–H groups in total. The average molecular weight is 980 g/mol. The summed E-state index contributed by atoms with van der Waals surface area (Å²) in [6, 6.07) is 18.5. The first-order valence-corrected chi connectivity index (χ1v) is 25.1. The summed E-state index contributed by atoms with van der Waals surface area (Å²) in [6.45, 7) is 3.12. The molecule has 18 nitrogen and oxygen atoms in total. The lowest BCUT2D eigenvalue weighted by Crippen LogP contribution is -2.55. The Morgan fingerprint density at radius 3 is 2.47 bits per heavy atom. The lowest BCUT2D eigenvalue weighted by atomic mass is 9.90. The fraction of sp³-hybridized carbons (Fsp3) is 0.444. The van der Waals surface area contributed by atoms with Crippen LogP contribution in [0.4, 0.5) is 27.9 Å². The van der Waals surface area contributed by atoms with Gasteiger partial charge in [0.25, 0.3) is 11.8 Å². The van der Waals surface area contributed by atoms with Crippen molar-refractivity contribution < 1.29 is 43.0 Å². The number of amides is 6. The van der Waals surface area contributed by atoms with Gasteiger partial charge in [-0.05, 0) is 99.4 Å². The highest BCUT2D eigenvalue weighted by Crippen LogP contribution is 2.41. The molecule has 2 aliphatic carbocycles. The van der Waals surface area contributed by atoms with Gasteiger partial charge in [-0.1, -0.05) is 55.9 Å². The summed E-state index contributed by atoms with van der Waals surface area (Å²) in [6.07, 6.45) is 9.59. The van der Waals surface area contributed by atoms with E-state index in [1.807, 2.05) is 19.1 Å². The van der Waals surface area contributed by atoms with E-state index in [1.165, 1.54) is 4.90 Å². The third kappa shape index (κ3) is 10.7. The average Bonchev–Trinajstić information content (AvgIpc) is 4.05. The lowest BCUT2D eigenvalue weighted by molar-refractivity contribution is -0.137. The third-order valence-electron chi connectivity index (χ3n) is 14.4. The Labute approximate surface area is 419 Å². The molecule has 376 valence electrons. The normalized spacial score (nSPS) is 20.8. The van der Waals surface area contributed by atoms with Crippen LogP contribution in [0.1, 0.15) is 116 Å². The zero-order valence-corrected chi connectivity index (χ0v) is 41.0. The summed E-state index contributed by atoms with van der Waals surface area (Å²) >= 11 is 0. The standard InChI is InChI=1S/C54H61N9O9/c1-4-43-52(68)60(2)45-32-55-53(59-48(45)63(43)38-15-8-9-16-38)57-42-25-20-35(31-46(42)70-3)49(65)56-36-21-23-37(24-22-36)61(54(69)72-39-17-6-5-7-18-39)28-30-71-29-11-10-13-34-14-12-19-40-41(34)33-62(51(40)67)44-26-27-47(64)58-50(44)66/h5-7,12,14,17-20,25,31-32,36-38,43-44H,4,8-9,11,15-16,21-24,26-30,33H2,1-3H3,(H,56,65)(H,55,57,59)(H,58,64,66)/t36?,37?,43-,44?/m1/s1. The molecule has 4 aromatic rings. The van der Waals surface area contributed by atoms with Gasteiger partial charge in [0.2, 0.25) is 23.7 Å². The van der Waals surface area contributed by atoms with Crippen molar-refractivity contribution >= 4 is 58.8 Å². The largest absolute Gasteiger partial charge is 0.495 e. The van der Waals surface area contributed by atoms with Crippen LogP contribution in [0.25, 0.3) is 0 Å². The van der Waals surface area contributed by atoms with E-state index in [0.717, 1.165) is 37.1 Å². The molecule has 9 rings (SSSR count). The SMILES string of the molecule is CC[C@@H]1C(=O)N(C)c2cnc(Nc3ccc(C(=O)NC4CCC(N(CCOCCC#Cc5cccc6c5CN(C5CCC(=O)NC5=O)C6=O)C(=O)Oc5ccccc5)CC4)cc3OC)nc2N1C1CCCC1. The van der Waals surface area contributed by atoms with Crippen molar-refractivity contribution in [1.29, 1.82) is 0 Å². The van der Waals surface area contributed by atoms with Crippen molar-refractivity contribution in [1.82, 2.24) is 30.4 Å². The summed E-state index contributed by atoms with van der Waals surface area (Å²) in [5.74, 6) is 7.05. The number of benzene rings is 3. The topological polar surface area (TPSA) is 205 Å². The number of hydrogen-bond acceptors (Lipinski definition) is 13. The van der Waals surface area contributed by atoms with Crippen LogP contribution >= 0.6 is 0 Å². The molecular formula is C54H61N9O9. The number of carbonyl (C=O) groups excluding carboxylic acids is 6. The molecule has 0 radical (unpaired) electrons. The molecule has 4 heterocycles. The fourth-order valence-electron chi connectivity index (χ4n) is 10.6. The molecule has 0 bridgehead atoms. The Bertz CT molecular complexity index is 2760. The van der Waals surface area contributed by atoms with Gasteiger partial charge >= 0.3 is 6.09 Å². The second kappa shape index (κ2) is 22.3. The first-order valence-electron chi connectivity index (χ1n) is 25.1. The van der Waals surface area contributed by atoms with E-state index in [2.05, 4.69) is 37.7 Å². The molecule has 0 spiro atoms. The number of likely N-dealkylation sites (N-methyl/N-ethyl adjacent to an activating group) is 1. The van der Waals surface area contributed by atoms with Crippen LogP contribution in [0, 0.1) is 11.8 Å².